The number of amides is 1. The summed E-state index contributed by atoms with van der Waals surface area (Å²) in [6.07, 6.45) is 2.02. The first-order chi connectivity index (χ1) is 7.56. The van der Waals surface area contributed by atoms with Crippen LogP contribution in [0.25, 0.3) is 0 Å². The summed E-state index contributed by atoms with van der Waals surface area (Å²) in [7, 11) is 1.81. The van der Waals surface area contributed by atoms with E-state index in [1.165, 1.54) is 0 Å². The van der Waals surface area contributed by atoms with Crippen molar-refractivity contribution < 1.29 is 4.79 Å². The van der Waals surface area contributed by atoms with Crippen LogP contribution in [0.3, 0.4) is 0 Å². The molecule has 88 valence electrons. The van der Waals surface area contributed by atoms with Crippen molar-refractivity contribution in [2.75, 3.05) is 25.6 Å². The van der Waals surface area contributed by atoms with Crippen LogP contribution in [0.1, 0.15) is 10.4 Å². The number of thioether (sulfide) groups is 1. The minimum absolute atomic E-state index is 0.0198. The predicted octanol–water partition coefficient (Wildman–Crippen LogP) is 3.54. The first-order valence-corrected chi connectivity index (χ1v) is 7.32. The van der Waals surface area contributed by atoms with Crippen LogP contribution >= 0.6 is 39.3 Å². The highest BCUT2D eigenvalue weighted by molar-refractivity contribution is 9.10. The van der Waals surface area contributed by atoms with Gasteiger partial charge in [0.2, 0.25) is 0 Å². The molecule has 0 saturated heterocycles. The van der Waals surface area contributed by atoms with Crippen molar-refractivity contribution in [2.24, 2.45) is 0 Å². The first kappa shape index (κ1) is 13.9. The zero-order valence-electron chi connectivity index (χ0n) is 9.17. The van der Waals surface area contributed by atoms with E-state index in [2.05, 4.69) is 15.9 Å². The van der Waals surface area contributed by atoms with Crippen LogP contribution in [-0.2, 0) is 0 Å². The Kier molecular flexibility index (Phi) is 5.66. The van der Waals surface area contributed by atoms with E-state index < -0.39 is 0 Å². The summed E-state index contributed by atoms with van der Waals surface area (Å²) in [6, 6.07) is 5.21. The molecule has 0 saturated carbocycles. The van der Waals surface area contributed by atoms with Gasteiger partial charge in [-0.1, -0.05) is 11.6 Å². The minimum atomic E-state index is 0.0198. The lowest BCUT2D eigenvalue weighted by molar-refractivity contribution is 0.0803. The molecule has 2 nitrogen and oxygen atoms in total. The standard InChI is InChI=1S/C11H13BrClNOS/c1-14(5-6-16-2)11(15)8-3-4-10(13)9(12)7-8/h3-4,7H,5-6H2,1-2H3. The molecule has 0 radical (unpaired) electrons. The number of rotatable bonds is 4. The molecule has 1 aromatic carbocycles. The van der Waals surface area contributed by atoms with Gasteiger partial charge in [0, 0.05) is 29.4 Å². The van der Waals surface area contributed by atoms with Gasteiger partial charge < -0.3 is 4.90 Å². The number of halogens is 2. The molecule has 5 heteroatoms. The fraction of sp³-hybridized carbons (Fsp3) is 0.364. The molecule has 0 aliphatic rings. The number of hydrogen-bond acceptors (Lipinski definition) is 2. The van der Waals surface area contributed by atoms with Gasteiger partial charge in [-0.25, -0.2) is 0 Å². The van der Waals surface area contributed by atoms with Gasteiger partial charge in [-0.2, -0.15) is 11.8 Å². The normalized spacial score (nSPS) is 10.2. The number of carbonyl (C=O) groups excluding carboxylic acids is 1. The number of carbonyl (C=O) groups is 1. The Morgan fingerprint density at radius 2 is 2.25 bits per heavy atom. The van der Waals surface area contributed by atoms with Crippen molar-refractivity contribution in [3.63, 3.8) is 0 Å². The quantitative estimate of drug-likeness (QED) is 0.845. The van der Waals surface area contributed by atoms with Gasteiger partial charge in [0.25, 0.3) is 5.91 Å². The highest BCUT2D eigenvalue weighted by Crippen LogP contribution is 2.23. The molecule has 0 N–H and O–H groups in total. The lowest BCUT2D eigenvalue weighted by Gasteiger charge is -2.16. The topological polar surface area (TPSA) is 20.3 Å². The van der Waals surface area contributed by atoms with Crippen molar-refractivity contribution in [3.05, 3.63) is 33.3 Å². The minimum Gasteiger partial charge on any atom is -0.341 e. The van der Waals surface area contributed by atoms with E-state index in [0.717, 1.165) is 16.8 Å². The molecule has 0 bridgehead atoms. The third kappa shape index (κ3) is 3.68. The monoisotopic (exact) mass is 321 g/mol. The fourth-order valence-electron chi connectivity index (χ4n) is 1.18. The second-order valence-electron chi connectivity index (χ2n) is 3.35. The van der Waals surface area contributed by atoms with Crippen LogP contribution in [-0.4, -0.2) is 36.4 Å². The van der Waals surface area contributed by atoms with E-state index in [4.69, 9.17) is 11.6 Å². The average Bonchev–Trinajstić information content (AvgIpc) is 2.28. The van der Waals surface area contributed by atoms with E-state index in [9.17, 15) is 4.79 Å². The Morgan fingerprint density at radius 3 is 2.81 bits per heavy atom. The smallest absolute Gasteiger partial charge is 0.253 e. The highest BCUT2D eigenvalue weighted by Gasteiger charge is 2.12. The summed E-state index contributed by atoms with van der Waals surface area (Å²) in [6.45, 7) is 0.750. The Morgan fingerprint density at radius 1 is 1.56 bits per heavy atom. The molecule has 0 fully saturated rings. The molecule has 0 heterocycles. The molecule has 16 heavy (non-hydrogen) atoms. The molecule has 0 spiro atoms. The van der Waals surface area contributed by atoms with Gasteiger partial charge in [-0.3, -0.25) is 4.79 Å². The maximum absolute atomic E-state index is 12.0. The van der Waals surface area contributed by atoms with Crippen LogP contribution < -0.4 is 0 Å². The van der Waals surface area contributed by atoms with Crippen LogP contribution in [0.5, 0.6) is 0 Å². The SMILES string of the molecule is CSCCN(C)C(=O)c1ccc(Cl)c(Br)c1. The molecule has 0 aliphatic carbocycles. The Hall–Kier alpha value is -0.190. The van der Waals surface area contributed by atoms with Gasteiger partial charge in [-0.15, -0.1) is 0 Å². The zero-order valence-corrected chi connectivity index (χ0v) is 12.3. The predicted molar refractivity (Wildman–Crippen MR) is 74.5 cm³/mol. The Labute approximate surface area is 113 Å². The first-order valence-electron chi connectivity index (χ1n) is 4.75. The molecular weight excluding hydrogens is 310 g/mol. The largest absolute Gasteiger partial charge is 0.341 e. The van der Waals surface area contributed by atoms with Gasteiger partial charge in [0.15, 0.2) is 0 Å². The summed E-state index contributed by atoms with van der Waals surface area (Å²) in [4.78, 5) is 13.7. The van der Waals surface area contributed by atoms with E-state index in [0.29, 0.717) is 10.6 Å². The van der Waals surface area contributed by atoms with Crippen molar-refractivity contribution in [2.45, 2.75) is 0 Å². The fourth-order valence-corrected chi connectivity index (χ4v) is 2.13. The lowest BCUT2D eigenvalue weighted by atomic mass is 10.2. The van der Waals surface area contributed by atoms with Crippen molar-refractivity contribution in [1.29, 1.82) is 0 Å². The molecule has 1 aromatic rings. The van der Waals surface area contributed by atoms with E-state index in [1.54, 1.807) is 41.9 Å². The Bertz CT molecular complexity index is 386. The summed E-state index contributed by atoms with van der Waals surface area (Å²) >= 11 is 10.9. The van der Waals surface area contributed by atoms with E-state index >= 15 is 0 Å². The molecule has 0 atom stereocenters. The third-order valence-electron chi connectivity index (χ3n) is 2.14. The summed E-state index contributed by atoms with van der Waals surface area (Å²) in [5.41, 5.74) is 0.653. The van der Waals surface area contributed by atoms with Crippen LogP contribution in [0.4, 0.5) is 0 Å². The van der Waals surface area contributed by atoms with Crippen LogP contribution in [0.2, 0.25) is 5.02 Å². The molecule has 0 aromatic heterocycles. The van der Waals surface area contributed by atoms with Gasteiger partial charge >= 0.3 is 0 Å². The maximum Gasteiger partial charge on any atom is 0.253 e. The summed E-state index contributed by atoms with van der Waals surface area (Å²) < 4.78 is 0.748. The molecule has 0 unspecified atom stereocenters. The Balaban J connectivity index is 2.76. The molecule has 1 amide bonds. The third-order valence-corrected chi connectivity index (χ3v) is 3.95. The van der Waals surface area contributed by atoms with Gasteiger partial charge in [0.05, 0.1) is 5.02 Å². The summed E-state index contributed by atoms with van der Waals surface area (Å²) in [5, 5.41) is 0.614. The zero-order chi connectivity index (χ0) is 12.1. The molecule has 0 aliphatic heterocycles. The van der Waals surface area contributed by atoms with E-state index in [-0.39, 0.29) is 5.91 Å². The van der Waals surface area contributed by atoms with E-state index in [1.807, 2.05) is 6.26 Å². The van der Waals surface area contributed by atoms with Crippen LogP contribution in [0, 0.1) is 0 Å². The van der Waals surface area contributed by atoms with Gasteiger partial charge in [-0.05, 0) is 40.4 Å². The molecule has 1 rings (SSSR count). The number of hydrogen-bond donors (Lipinski definition) is 0. The van der Waals surface area contributed by atoms with Crippen molar-refractivity contribution in [1.82, 2.24) is 4.90 Å². The van der Waals surface area contributed by atoms with Crippen molar-refractivity contribution in [3.8, 4) is 0 Å². The summed E-state index contributed by atoms with van der Waals surface area (Å²) in [5.74, 6) is 0.961. The van der Waals surface area contributed by atoms with Gasteiger partial charge in [0.1, 0.15) is 0 Å². The average molecular weight is 323 g/mol. The highest BCUT2D eigenvalue weighted by atomic mass is 79.9. The maximum atomic E-state index is 12.0. The second kappa shape index (κ2) is 6.52. The second-order valence-corrected chi connectivity index (χ2v) is 5.60. The van der Waals surface area contributed by atoms with Crippen LogP contribution in [0.15, 0.2) is 22.7 Å². The number of benzene rings is 1. The van der Waals surface area contributed by atoms with Crippen molar-refractivity contribution >= 4 is 45.2 Å². The lowest BCUT2D eigenvalue weighted by Crippen LogP contribution is -2.28. The molecular formula is C11H13BrClNOS. The number of nitrogens with zero attached hydrogens (tertiary/aromatic N) is 1.